The fraction of sp³-hybridized carbons (Fsp3) is 0.824. The van der Waals surface area contributed by atoms with E-state index < -0.39 is 0 Å². The maximum Gasteiger partial charge on any atom is 0.0538 e. The molecule has 1 saturated heterocycles. The van der Waals surface area contributed by atoms with Gasteiger partial charge in [0.05, 0.1) is 12.2 Å². The monoisotopic (exact) mass is 292 g/mol. The molecule has 4 nitrogen and oxygen atoms in total. The first-order valence-electron chi connectivity index (χ1n) is 8.63. The lowest BCUT2D eigenvalue weighted by atomic mass is 9.95. The average Bonchev–Trinajstić information content (AvgIpc) is 2.76. The molecule has 1 aromatic heterocycles. The number of nitrogens with zero attached hydrogens (tertiary/aromatic N) is 3. The topological polar surface area (TPSA) is 47.1 Å². The fourth-order valence-corrected chi connectivity index (χ4v) is 3.71. The lowest BCUT2D eigenvalue weighted by molar-refractivity contribution is 0.173. The van der Waals surface area contributed by atoms with Gasteiger partial charge in [0, 0.05) is 24.8 Å². The molecule has 21 heavy (non-hydrogen) atoms. The van der Waals surface area contributed by atoms with E-state index in [1.54, 1.807) is 0 Å². The first kappa shape index (κ1) is 16.5. The van der Waals surface area contributed by atoms with Crippen LogP contribution in [0.1, 0.15) is 64.0 Å². The molecule has 3 unspecified atom stereocenters. The molecular formula is C17H32N4. The molecule has 0 aromatic carbocycles. The second-order valence-corrected chi connectivity index (χ2v) is 6.59. The van der Waals surface area contributed by atoms with Gasteiger partial charge in [0.25, 0.3) is 0 Å². The van der Waals surface area contributed by atoms with Crippen molar-refractivity contribution in [1.29, 1.82) is 0 Å². The first-order valence-corrected chi connectivity index (χ1v) is 8.63. The van der Waals surface area contributed by atoms with Crippen molar-refractivity contribution in [3.8, 4) is 0 Å². The minimum Gasteiger partial charge on any atom is -0.326 e. The predicted octanol–water partition coefficient (Wildman–Crippen LogP) is 3.10. The summed E-state index contributed by atoms with van der Waals surface area (Å²) in [4.78, 5) is 2.61. The third kappa shape index (κ3) is 4.30. The molecule has 1 aromatic rings. The van der Waals surface area contributed by atoms with E-state index in [4.69, 9.17) is 5.73 Å². The van der Waals surface area contributed by atoms with E-state index in [1.165, 1.54) is 50.8 Å². The van der Waals surface area contributed by atoms with Gasteiger partial charge >= 0.3 is 0 Å². The zero-order valence-corrected chi connectivity index (χ0v) is 14.0. The second kappa shape index (κ2) is 7.95. The summed E-state index contributed by atoms with van der Waals surface area (Å²) >= 11 is 0. The van der Waals surface area contributed by atoms with Crippen LogP contribution >= 0.6 is 0 Å². The molecule has 1 aliphatic heterocycles. The van der Waals surface area contributed by atoms with Crippen LogP contribution in [0, 0.1) is 5.92 Å². The molecule has 0 bridgehead atoms. The molecule has 0 radical (unpaired) electrons. The van der Waals surface area contributed by atoms with Gasteiger partial charge in [-0.2, -0.15) is 5.10 Å². The van der Waals surface area contributed by atoms with Crippen molar-refractivity contribution in [2.45, 2.75) is 64.5 Å². The van der Waals surface area contributed by atoms with Crippen LogP contribution in [0.25, 0.3) is 0 Å². The van der Waals surface area contributed by atoms with Crippen molar-refractivity contribution in [2.75, 3.05) is 13.1 Å². The highest BCUT2D eigenvalue weighted by Gasteiger charge is 2.28. The molecule has 4 heteroatoms. The third-order valence-electron chi connectivity index (χ3n) is 4.92. The van der Waals surface area contributed by atoms with Gasteiger partial charge in [0.1, 0.15) is 0 Å². The molecule has 1 fully saturated rings. The summed E-state index contributed by atoms with van der Waals surface area (Å²) < 4.78 is 1.89. The predicted molar refractivity (Wildman–Crippen MR) is 88.0 cm³/mol. The molecule has 1 aliphatic rings. The number of aryl methyl sites for hydroxylation is 1. The Balaban J connectivity index is 2.10. The van der Waals surface area contributed by atoms with Crippen molar-refractivity contribution in [1.82, 2.24) is 14.7 Å². The summed E-state index contributed by atoms with van der Waals surface area (Å²) in [7, 11) is 1.98. The van der Waals surface area contributed by atoms with Crippen molar-refractivity contribution in [2.24, 2.45) is 18.7 Å². The number of hydrogen-bond donors (Lipinski definition) is 1. The maximum absolute atomic E-state index is 6.45. The Morgan fingerprint density at radius 1 is 1.33 bits per heavy atom. The molecule has 0 aliphatic carbocycles. The van der Waals surface area contributed by atoms with Crippen LogP contribution in [0.3, 0.4) is 0 Å². The summed E-state index contributed by atoms with van der Waals surface area (Å²) in [6.07, 6.45) is 11.8. The number of rotatable bonds is 6. The summed E-state index contributed by atoms with van der Waals surface area (Å²) in [5.41, 5.74) is 7.73. The Hall–Kier alpha value is -0.870. The van der Waals surface area contributed by atoms with E-state index >= 15 is 0 Å². The van der Waals surface area contributed by atoms with Crippen LogP contribution in [-0.4, -0.2) is 33.8 Å². The molecule has 2 N–H and O–H groups in total. The van der Waals surface area contributed by atoms with Gasteiger partial charge in [-0.3, -0.25) is 9.58 Å². The molecule has 2 heterocycles. The van der Waals surface area contributed by atoms with E-state index in [2.05, 4.69) is 30.0 Å². The highest BCUT2D eigenvalue weighted by Crippen LogP contribution is 2.30. The molecule has 0 amide bonds. The van der Waals surface area contributed by atoms with Gasteiger partial charge in [-0.15, -0.1) is 0 Å². The fourth-order valence-electron chi connectivity index (χ4n) is 3.71. The van der Waals surface area contributed by atoms with Crippen molar-refractivity contribution in [3.63, 3.8) is 0 Å². The number of likely N-dealkylation sites (tertiary alicyclic amines) is 1. The largest absolute Gasteiger partial charge is 0.326 e. The van der Waals surface area contributed by atoms with Crippen LogP contribution in [0.4, 0.5) is 0 Å². The number of nitrogens with two attached hydrogens (primary N) is 1. The third-order valence-corrected chi connectivity index (χ3v) is 4.92. The lowest BCUT2D eigenvalue weighted by Crippen LogP contribution is -2.41. The minimum atomic E-state index is 0.192. The van der Waals surface area contributed by atoms with Crippen molar-refractivity contribution in [3.05, 3.63) is 18.0 Å². The summed E-state index contributed by atoms with van der Waals surface area (Å²) in [5.74, 6) is 0.910. The van der Waals surface area contributed by atoms with Gasteiger partial charge in [0.15, 0.2) is 0 Å². The van der Waals surface area contributed by atoms with Gasteiger partial charge in [-0.25, -0.2) is 0 Å². The first-order chi connectivity index (χ1) is 10.2. The highest BCUT2D eigenvalue weighted by molar-refractivity contribution is 5.13. The van der Waals surface area contributed by atoms with E-state index in [9.17, 15) is 0 Å². The van der Waals surface area contributed by atoms with Crippen molar-refractivity contribution < 1.29 is 0 Å². The second-order valence-electron chi connectivity index (χ2n) is 6.59. The van der Waals surface area contributed by atoms with Crippen LogP contribution < -0.4 is 5.73 Å². The van der Waals surface area contributed by atoms with Gasteiger partial charge in [-0.1, -0.05) is 26.7 Å². The van der Waals surface area contributed by atoms with Gasteiger partial charge < -0.3 is 5.73 Å². The highest BCUT2D eigenvalue weighted by atomic mass is 15.3. The van der Waals surface area contributed by atoms with Crippen LogP contribution in [-0.2, 0) is 7.05 Å². The van der Waals surface area contributed by atoms with Crippen molar-refractivity contribution >= 4 is 0 Å². The van der Waals surface area contributed by atoms with E-state index in [0.717, 1.165) is 12.3 Å². The molecule has 0 saturated carbocycles. The van der Waals surface area contributed by atoms with Crippen LogP contribution in [0.2, 0.25) is 0 Å². The van der Waals surface area contributed by atoms with Gasteiger partial charge in [0.2, 0.25) is 0 Å². The molecule has 0 spiro atoms. The zero-order chi connectivity index (χ0) is 15.2. The molecule has 120 valence electrons. The number of hydrogen-bond acceptors (Lipinski definition) is 3. The van der Waals surface area contributed by atoms with Crippen LogP contribution in [0.15, 0.2) is 12.4 Å². The maximum atomic E-state index is 6.45. The van der Waals surface area contributed by atoms with E-state index in [1.807, 2.05) is 17.9 Å². The molecular weight excluding hydrogens is 260 g/mol. The Morgan fingerprint density at radius 2 is 2.14 bits per heavy atom. The number of aromatic nitrogens is 2. The average molecular weight is 292 g/mol. The minimum absolute atomic E-state index is 0.192. The van der Waals surface area contributed by atoms with Gasteiger partial charge in [-0.05, 0) is 44.7 Å². The summed E-state index contributed by atoms with van der Waals surface area (Å²) in [5, 5.41) is 4.35. The Labute approximate surface area is 129 Å². The molecule has 3 atom stereocenters. The van der Waals surface area contributed by atoms with Crippen LogP contribution in [0.5, 0.6) is 0 Å². The summed E-state index contributed by atoms with van der Waals surface area (Å²) in [6.45, 7) is 6.84. The standard InChI is InChI=1S/C17H32N4/c1-4-7-14-8-6-10-21(11-9-14)17(16(18)5-2)15-12-19-20(3)13-15/h12-14,16-17H,4-11,18H2,1-3H3. The SMILES string of the molecule is CCCC1CCCN(C(c2cnn(C)c2)C(N)CC)CC1. The zero-order valence-electron chi connectivity index (χ0n) is 14.0. The smallest absolute Gasteiger partial charge is 0.0538 e. The summed E-state index contributed by atoms with van der Waals surface area (Å²) in [6, 6.07) is 0.515. The lowest BCUT2D eigenvalue weighted by Gasteiger charge is -2.34. The Bertz CT molecular complexity index is 415. The quantitative estimate of drug-likeness (QED) is 0.876. The Morgan fingerprint density at radius 3 is 2.76 bits per heavy atom. The molecule has 2 rings (SSSR count). The normalized spacial score (nSPS) is 23.7. The Kier molecular flexibility index (Phi) is 6.24. The van der Waals surface area contributed by atoms with E-state index in [-0.39, 0.29) is 6.04 Å². The van der Waals surface area contributed by atoms with E-state index in [0.29, 0.717) is 6.04 Å².